The lowest BCUT2D eigenvalue weighted by Gasteiger charge is -2.34. The van der Waals surface area contributed by atoms with Crippen molar-refractivity contribution in [2.24, 2.45) is 0 Å². The maximum atomic E-state index is 12.9. The van der Waals surface area contributed by atoms with Gasteiger partial charge in [-0.05, 0) is 67.2 Å². The minimum Gasteiger partial charge on any atom is -0.496 e. The first kappa shape index (κ1) is 19.7. The van der Waals surface area contributed by atoms with Crippen molar-refractivity contribution < 1.29 is 19.1 Å². The van der Waals surface area contributed by atoms with Crippen molar-refractivity contribution in [3.05, 3.63) is 50.8 Å². The quantitative estimate of drug-likeness (QED) is 0.713. The lowest BCUT2D eigenvalue weighted by molar-refractivity contribution is -0.143. The van der Waals surface area contributed by atoms with E-state index in [1.54, 1.807) is 7.11 Å². The van der Waals surface area contributed by atoms with E-state index in [-0.39, 0.29) is 11.9 Å². The molecule has 1 aromatic rings. The number of rotatable bonds is 4. The lowest BCUT2D eigenvalue weighted by Crippen LogP contribution is -2.34. The van der Waals surface area contributed by atoms with Gasteiger partial charge in [0.2, 0.25) is 0 Å². The molecule has 0 unspecified atom stereocenters. The Balaban J connectivity index is 2.16. The molecule has 1 aliphatic heterocycles. The van der Waals surface area contributed by atoms with Crippen LogP contribution >= 0.6 is 15.9 Å². The highest BCUT2D eigenvalue weighted by Gasteiger charge is 2.39. The molecular formula is C21H24BrNO4. The lowest BCUT2D eigenvalue weighted by atomic mass is 9.75. The number of methoxy groups -OCH3 is 1. The molecule has 5 nitrogen and oxygen atoms in total. The number of hydrogen-bond acceptors (Lipinski definition) is 5. The summed E-state index contributed by atoms with van der Waals surface area (Å²) in [6.07, 6.45) is 1.89. The highest BCUT2D eigenvalue weighted by molar-refractivity contribution is 9.10. The molecule has 1 heterocycles. The number of benzene rings is 1. The van der Waals surface area contributed by atoms with E-state index in [9.17, 15) is 9.59 Å². The summed E-state index contributed by atoms with van der Waals surface area (Å²) in [5, 5.41) is 3.29. The van der Waals surface area contributed by atoms with E-state index < -0.39 is 11.9 Å². The van der Waals surface area contributed by atoms with Gasteiger partial charge in [0.25, 0.3) is 0 Å². The maximum Gasteiger partial charge on any atom is 0.337 e. The van der Waals surface area contributed by atoms with E-state index in [2.05, 4.69) is 21.2 Å². The summed E-state index contributed by atoms with van der Waals surface area (Å²) in [6, 6.07) is 5.66. The number of dihydropyridines is 1. The SMILES string of the molecule is COc1ccc([C@@H]2C(C(=O)OC(C)C)=C(C)NC3=C2C(=O)CCC3)cc1Br. The molecule has 0 amide bonds. The number of halogens is 1. The third-order valence-corrected chi connectivity index (χ3v) is 5.47. The highest BCUT2D eigenvalue weighted by atomic mass is 79.9. The first-order chi connectivity index (χ1) is 12.8. The minimum absolute atomic E-state index is 0.0861. The largest absolute Gasteiger partial charge is 0.496 e. The summed E-state index contributed by atoms with van der Waals surface area (Å²) in [4.78, 5) is 25.7. The normalized spacial score (nSPS) is 19.8. The number of nitrogens with one attached hydrogen (secondary N) is 1. The van der Waals surface area contributed by atoms with Gasteiger partial charge in [0, 0.05) is 29.3 Å². The number of Topliss-reactive ketones (excluding diaryl/α,β-unsaturated/α-hetero) is 1. The number of carbonyl (C=O) groups is 2. The van der Waals surface area contributed by atoms with E-state index in [1.807, 2.05) is 39.0 Å². The molecule has 0 bridgehead atoms. The Kier molecular flexibility index (Phi) is 5.75. The molecule has 0 saturated carbocycles. The monoisotopic (exact) mass is 433 g/mol. The first-order valence-electron chi connectivity index (χ1n) is 9.12. The van der Waals surface area contributed by atoms with Crippen LogP contribution in [-0.4, -0.2) is 25.0 Å². The number of ether oxygens (including phenoxy) is 2. The number of esters is 1. The maximum absolute atomic E-state index is 12.9. The summed E-state index contributed by atoms with van der Waals surface area (Å²) >= 11 is 3.52. The molecule has 3 rings (SSSR count). The molecule has 0 saturated heterocycles. The molecule has 6 heteroatoms. The van der Waals surface area contributed by atoms with Crippen LogP contribution in [0.3, 0.4) is 0 Å². The smallest absolute Gasteiger partial charge is 0.337 e. The van der Waals surface area contributed by atoms with Gasteiger partial charge < -0.3 is 14.8 Å². The van der Waals surface area contributed by atoms with Crippen molar-refractivity contribution in [3.8, 4) is 5.75 Å². The molecule has 0 spiro atoms. The summed E-state index contributed by atoms with van der Waals surface area (Å²) in [6.45, 7) is 5.50. The molecule has 1 atom stereocenters. The molecule has 1 aliphatic carbocycles. The molecule has 27 heavy (non-hydrogen) atoms. The Bertz CT molecular complexity index is 854. The van der Waals surface area contributed by atoms with Crippen LogP contribution in [0.5, 0.6) is 5.75 Å². The van der Waals surface area contributed by atoms with Crippen LogP contribution in [0.15, 0.2) is 45.2 Å². The Morgan fingerprint density at radius 2 is 2.04 bits per heavy atom. The zero-order valence-corrected chi connectivity index (χ0v) is 17.6. The second-order valence-corrected chi connectivity index (χ2v) is 7.97. The van der Waals surface area contributed by atoms with E-state index in [0.717, 1.165) is 34.3 Å². The van der Waals surface area contributed by atoms with Gasteiger partial charge in [-0.3, -0.25) is 4.79 Å². The second-order valence-electron chi connectivity index (χ2n) is 7.11. The van der Waals surface area contributed by atoms with Gasteiger partial charge in [-0.1, -0.05) is 6.07 Å². The Hall–Kier alpha value is -2.08. The predicted octanol–water partition coefficient (Wildman–Crippen LogP) is 4.38. The Morgan fingerprint density at radius 1 is 1.30 bits per heavy atom. The van der Waals surface area contributed by atoms with Crippen molar-refractivity contribution in [1.29, 1.82) is 0 Å². The average molecular weight is 434 g/mol. The minimum atomic E-state index is -0.442. The van der Waals surface area contributed by atoms with E-state index in [1.165, 1.54) is 0 Å². The van der Waals surface area contributed by atoms with Crippen LogP contribution in [0.25, 0.3) is 0 Å². The molecule has 0 fully saturated rings. The standard InChI is InChI=1S/C21H24BrNO4/c1-11(2)27-21(25)18-12(3)23-15-6-5-7-16(24)20(15)19(18)13-8-9-17(26-4)14(22)10-13/h8-11,19,23H,5-7H2,1-4H3/t19-/m1/s1. The average Bonchev–Trinajstić information content (AvgIpc) is 2.60. The van der Waals surface area contributed by atoms with Crippen molar-refractivity contribution >= 4 is 27.7 Å². The number of allylic oxidation sites excluding steroid dienone is 3. The molecule has 0 radical (unpaired) electrons. The van der Waals surface area contributed by atoms with Gasteiger partial charge in [0.05, 0.1) is 23.3 Å². The van der Waals surface area contributed by atoms with Crippen molar-refractivity contribution in [2.75, 3.05) is 7.11 Å². The number of carbonyl (C=O) groups excluding carboxylic acids is 2. The van der Waals surface area contributed by atoms with Crippen molar-refractivity contribution in [1.82, 2.24) is 5.32 Å². The molecular weight excluding hydrogens is 410 g/mol. The van der Waals surface area contributed by atoms with Crippen LogP contribution in [0, 0.1) is 0 Å². The van der Waals surface area contributed by atoms with Crippen LogP contribution in [0.1, 0.15) is 51.5 Å². The van der Waals surface area contributed by atoms with Crippen molar-refractivity contribution in [2.45, 2.75) is 52.1 Å². The van der Waals surface area contributed by atoms with Gasteiger partial charge in [0.15, 0.2) is 5.78 Å². The van der Waals surface area contributed by atoms with Crippen LogP contribution in [-0.2, 0) is 14.3 Å². The van der Waals surface area contributed by atoms with Crippen LogP contribution in [0.4, 0.5) is 0 Å². The van der Waals surface area contributed by atoms with E-state index in [0.29, 0.717) is 23.3 Å². The zero-order chi connectivity index (χ0) is 19.7. The fourth-order valence-corrected chi connectivity index (χ4v) is 4.29. The molecule has 1 N–H and O–H groups in total. The number of hydrogen-bond donors (Lipinski definition) is 1. The second kappa shape index (κ2) is 7.89. The zero-order valence-electron chi connectivity index (χ0n) is 16.0. The van der Waals surface area contributed by atoms with Crippen LogP contribution in [0.2, 0.25) is 0 Å². The topological polar surface area (TPSA) is 64.6 Å². The van der Waals surface area contributed by atoms with Gasteiger partial charge in [-0.15, -0.1) is 0 Å². The summed E-state index contributed by atoms with van der Waals surface area (Å²) in [5.41, 5.74) is 3.70. The van der Waals surface area contributed by atoms with Gasteiger partial charge in [0.1, 0.15) is 5.75 Å². The molecule has 0 aromatic heterocycles. The Morgan fingerprint density at radius 3 is 2.67 bits per heavy atom. The van der Waals surface area contributed by atoms with Gasteiger partial charge in [-0.2, -0.15) is 0 Å². The number of ketones is 1. The fourth-order valence-electron chi connectivity index (χ4n) is 3.73. The fraction of sp³-hybridized carbons (Fsp3) is 0.429. The Labute approximate surface area is 167 Å². The predicted molar refractivity (Wildman–Crippen MR) is 106 cm³/mol. The summed E-state index contributed by atoms with van der Waals surface area (Å²) in [7, 11) is 1.60. The van der Waals surface area contributed by atoms with Gasteiger partial charge >= 0.3 is 5.97 Å². The summed E-state index contributed by atoms with van der Waals surface area (Å²) < 4.78 is 11.6. The van der Waals surface area contributed by atoms with E-state index in [4.69, 9.17) is 9.47 Å². The van der Waals surface area contributed by atoms with E-state index >= 15 is 0 Å². The molecule has 1 aromatic carbocycles. The van der Waals surface area contributed by atoms with Crippen LogP contribution < -0.4 is 10.1 Å². The first-order valence-corrected chi connectivity index (χ1v) is 9.91. The van der Waals surface area contributed by atoms with Gasteiger partial charge in [-0.25, -0.2) is 4.79 Å². The van der Waals surface area contributed by atoms with Crippen molar-refractivity contribution in [3.63, 3.8) is 0 Å². The third-order valence-electron chi connectivity index (χ3n) is 4.85. The molecule has 144 valence electrons. The highest BCUT2D eigenvalue weighted by Crippen LogP contribution is 2.44. The molecule has 2 aliphatic rings. The third kappa shape index (κ3) is 3.81. The summed E-state index contributed by atoms with van der Waals surface area (Å²) in [5.74, 6) is -0.0497.